The lowest BCUT2D eigenvalue weighted by Crippen LogP contribution is -2.35. The number of anilines is 1. The number of sulfonamides is 1. The molecule has 0 heterocycles. The summed E-state index contributed by atoms with van der Waals surface area (Å²) < 4.78 is 31.3. The number of hydrogen-bond donors (Lipinski definition) is 0. The van der Waals surface area contributed by atoms with Crippen LogP contribution in [0.15, 0.2) is 41.3 Å². The fourth-order valence-corrected chi connectivity index (χ4v) is 4.18. The van der Waals surface area contributed by atoms with Gasteiger partial charge in [-0.15, -0.1) is 0 Å². The molecule has 1 amide bonds. The molecule has 0 aliphatic rings. The predicted molar refractivity (Wildman–Crippen MR) is 99.3 cm³/mol. The zero-order valence-corrected chi connectivity index (χ0v) is 16.4. The molecule has 26 heavy (non-hydrogen) atoms. The maximum Gasteiger partial charge on any atom is 0.308 e. The molecule has 2 aromatic carbocycles. The number of carbonyl (C=O) groups is 2. The van der Waals surface area contributed by atoms with E-state index >= 15 is 0 Å². The molecule has 0 fully saturated rings. The summed E-state index contributed by atoms with van der Waals surface area (Å²) in [7, 11) is -4.18. The van der Waals surface area contributed by atoms with Gasteiger partial charge in [0.25, 0.3) is 10.0 Å². The van der Waals surface area contributed by atoms with E-state index in [2.05, 4.69) is 0 Å². The minimum absolute atomic E-state index is 0.0605. The second-order valence-electron chi connectivity index (χ2n) is 5.43. The second kappa shape index (κ2) is 7.65. The van der Waals surface area contributed by atoms with Gasteiger partial charge >= 0.3 is 5.97 Å². The third-order valence-electron chi connectivity index (χ3n) is 3.31. The lowest BCUT2D eigenvalue weighted by atomic mass is 10.2. The molecule has 0 bridgehead atoms. The number of benzene rings is 2. The summed E-state index contributed by atoms with van der Waals surface area (Å²) in [4.78, 5) is 23.1. The molecule has 0 spiro atoms. The van der Waals surface area contributed by atoms with Crippen molar-refractivity contribution in [3.05, 3.63) is 52.0 Å². The number of ether oxygens (including phenoxy) is 1. The van der Waals surface area contributed by atoms with E-state index in [0.29, 0.717) is 4.31 Å². The highest BCUT2D eigenvalue weighted by molar-refractivity contribution is 7.93. The second-order valence-corrected chi connectivity index (χ2v) is 8.03. The van der Waals surface area contributed by atoms with Crippen LogP contribution in [0.3, 0.4) is 0 Å². The van der Waals surface area contributed by atoms with Crippen LogP contribution in [0.25, 0.3) is 0 Å². The van der Waals surface area contributed by atoms with Gasteiger partial charge in [-0.05, 0) is 31.2 Å². The molecule has 0 N–H and O–H groups in total. The largest absolute Gasteiger partial charge is 0.424 e. The average molecular weight is 416 g/mol. The normalized spacial score (nSPS) is 11.1. The van der Waals surface area contributed by atoms with Crippen LogP contribution < -0.4 is 9.04 Å². The van der Waals surface area contributed by atoms with Crippen LogP contribution in [-0.4, -0.2) is 20.3 Å². The topological polar surface area (TPSA) is 80.8 Å². The molecule has 2 rings (SSSR count). The number of hydrogen-bond acceptors (Lipinski definition) is 5. The molecule has 0 atom stereocenters. The van der Waals surface area contributed by atoms with Gasteiger partial charge in [-0.25, -0.2) is 12.7 Å². The molecule has 2 aromatic rings. The number of nitrogens with zero attached hydrogens (tertiary/aromatic N) is 1. The summed E-state index contributed by atoms with van der Waals surface area (Å²) in [5.74, 6) is -1.50. The van der Waals surface area contributed by atoms with Crippen molar-refractivity contribution in [3.8, 4) is 5.75 Å². The van der Waals surface area contributed by atoms with E-state index in [1.165, 1.54) is 31.2 Å². The summed E-state index contributed by atoms with van der Waals surface area (Å²) in [6.07, 6.45) is 0. The Morgan fingerprint density at radius 1 is 1.00 bits per heavy atom. The molecule has 138 valence electrons. The van der Waals surface area contributed by atoms with Crippen molar-refractivity contribution in [2.24, 2.45) is 0 Å². The third kappa shape index (κ3) is 4.17. The number of carbonyl (C=O) groups excluding carboxylic acids is 2. The van der Waals surface area contributed by atoms with Gasteiger partial charge < -0.3 is 4.74 Å². The molecule has 0 unspecified atom stereocenters. The molecule has 0 aliphatic carbocycles. The first kappa shape index (κ1) is 20.2. The highest BCUT2D eigenvalue weighted by atomic mass is 35.5. The summed E-state index contributed by atoms with van der Waals surface area (Å²) in [6.45, 7) is 4.09. The van der Waals surface area contributed by atoms with Gasteiger partial charge in [-0.2, -0.15) is 0 Å². The van der Waals surface area contributed by atoms with Gasteiger partial charge in [0.1, 0.15) is 0 Å². The highest BCUT2D eigenvalue weighted by Gasteiger charge is 2.30. The number of halogens is 2. The van der Waals surface area contributed by atoms with Crippen molar-refractivity contribution >= 4 is 50.8 Å². The first-order valence-electron chi connectivity index (χ1n) is 7.34. The Labute approximate surface area is 161 Å². The Bertz CT molecular complexity index is 948. The third-order valence-corrected chi connectivity index (χ3v) is 5.69. The number of aryl methyl sites for hydroxylation is 1. The first-order chi connectivity index (χ1) is 12.0. The van der Waals surface area contributed by atoms with Gasteiger partial charge in [-0.3, -0.25) is 9.59 Å². The summed E-state index contributed by atoms with van der Waals surface area (Å²) in [5, 5.41) is -0.207. The molecule has 0 aliphatic heterocycles. The number of amides is 1. The van der Waals surface area contributed by atoms with Crippen molar-refractivity contribution in [2.45, 2.75) is 25.7 Å². The minimum Gasteiger partial charge on any atom is -0.424 e. The van der Waals surface area contributed by atoms with Gasteiger partial charge in [0, 0.05) is 13.8 Å². The molecule has 6 nitrogen and oxygen atoms in total. The molecule has 0 radical (unpaired) electrons. The highest BCUT2D eigenvalue weighted by Crippen LogP contribution is 2.38. The van der Waals surface area contributed by atoms with E-state index in [0.717, 1.165) is 12.5 Å². The zero-order chi connectivity index (χ0) is 19.6. The quantitative estimate of drug-likeness (QED) is 0.557. The smallest absolute Gasteiger partial charge is 0.308 e. The van der Waals surface area contributed by atoms with Crippen molar-refractivity contribution < 1.29 is 22.7 Å². The van der Waals surface area contributed by atoms with Crippen LogP contribution in [0, 0.1) is 6.92 Å². The van der Waals surface area contributed by atoms with Gasteiger partial charge in [0.05, 0.1) is 20.6 Å². The van der Waals surface area contributed by atoms with Crippen LogP contribution in [0.4, 0.5) is 5.69 Å². The standard InChI is InChI=1S/C17H15Cl2NO5S/c1-10-4-6-14(7-5-10)26(23,24)20(11(2)21)13-8-15(18)17(16(19)9-13)25-12(3)22/h4-9H,1-3H3. The zero-order valence-electron chi connectivity index (χ0n) is 14.1. The Kier molecular flexibility index (Phi) is 5.95. The summed E-state index contributed by atoms with van der Waals surface area (Å²) in [5.41, 5.74) is 0.805. The Morgan fingerprint density at radius 3 is 1.92 bits per heavy atom. The van der Waals surface area contributed by atoms with E-state index in [4.69, 9.17) is 27.9 Å². The first-order valence-corrected chi connectivity index (χ1v) is 9.53. The Hall–Kier alpha value is -2.09. The van der Waals surface area contributed by atoms with E-state index in [1.807, 2.05) is 6.92 Å². The predicted octanol–water partition coefficient (Wildman–Crippen LogP) is 3.97. The van der Waals surface area contributed by atoms with E-state index in [-0.39, 0.29) is 26.4 Å². The monoisotopic (exact) mass is 415 g/mol. The maximum atomic E-state index is 12.9. The summed E-state index contributed by atoms with van der Waals surface area (Å²) in [6, 6.07) is 8.43. The van der Waals surface area contributed by atoms with Crippen LogP contribution in [0.2, 0.25) is 10.0 Å². The van der Waals surface area contributed by atoms with Gasteiger partial charge in [-0.1, -0.05) is 40.9 Å². The number of esters is 1. The maximum absolute atomic E-state index is 12.9. The molecule has 0 saturated carbocycles. The molecular formula is C17H15Cl2NO5S. The molecule has 9 heteroatoms. The lowest BCUT2D eigenvalue weighted by molar-refractivity contribution is -0.131. The Morgan fingerprint density at radius 2 is 1.50 bits per heavy atom. The van der Waals surface area contributed by atoms with Crippen molar-refractivity contribution in [1.82, 2.24) is 0 Å². The van der Waals surface area contributed by atoms with Crippen molar-refractivity contribution in [3.63, 3.8) is 0 Å². The summed E-state index contributed by atoms with van der Waals surface area (Å²) >= 11 is 12.1. The van der Waals surface area contributed by atoms with Crippen molar-refractivity contribution in [1.29, 1.82) is 0 Å². The fraction of sp³-hybridized carbons (Fsp3) is 0.176. The molecule has 0 saturated heterocycles. The van der Waals surface area contributed by atoms with Gasteiger partial charge in [0.15, 0.2) is 5.75 Å². The van der Waals surface area contributed by atoms with E-state index in [9.17, 15) is 18.0 Å². The molecular weight excluding hydrogens is 401 g/mol. The Balaban J connectivity index is 2.59. The average Bonchev–Trinajstić information content (AvgIpc) is 2.50. The van der Waals surface area contributed by atoms with Gasteiger partial charge in [0.2, 0.25) is 5.91 Å². The fourth-order valence-electron chi connectivity index (χ4n) is 2.21. The van der Waals surface area contributed by atoms with E-state index < -0.39 is 21.9 Å². The van der Waals surface area contributed by atoms with Crippen LogP contribution in [-0.2, 0) is 19.6 Å². The van der Waals surface area contributed by atoms with E-state index in [1.54, 1.807) is 12.1 Å². The lowest BCUT2D eigenvalue weighted by Gasteiger charge is -2.22. The number of rotatable bonds is 4. The van der Waals surface area contributed by atoms with Crippen LogP contribution in [0.5, 0.6) is 5.75 Å². The van der Waals surface area contributed by atoms with Crippen molar-refractivity contribution in [2.75, 3.05) is 4.31 Å². The minimum atomic E-state index is -4.18. The van der Waals surface area contributed by atoms with Crippen LogP contribution >= 0.6 is 23.2 Å². The molecule has 0 aromatic heterocycles. The SMILES string of the molecule is CC(=O)Oc1c(Cl)cc(N(C(C)=O)S(=O)(=O)c2ccc(C)cc2)cc1Cl. The van der Waals surface area contributed by atoms with Crippen LogP contribution in [0.1, 0.15) is 19.4 Å².